The van der Waals surface area contributed by atoms with Crippen LogP contribution in [0.25, 0.3) is 0 Å². The lowest BCUT2D eigenvalue weighted by atomic mass is 10.00. The highest BCUT2D eigenvalue weighted by molar-refractivity contribution is 6.31. The number of rotatable bonds is 1. The number of nitrogens with zero attached hydrogens (tertiary/aromatic N) is 1. The Morgan fingerprint density at radius 3 is 2.85 bits per heavy atom. The molecule has 0 saturated carbocycles. The number of nitrogen functional groups attached to an aromatic ring is 1. The highest BCUT2D eigenvalue weighted by Gasteiger charge is 2.23. The van der Waals surface area contributed by atoms with Gasteiger partial charge in [-0.25, -0.2) is 0 Å². The van der Waals surface area contributed by atoms with E-state index in [0.29, 0.717) is 22.8 Å². The van der Waals surface area contributed by atoms with Crippen molar-refractivity contribution in [1.29, 1.82) is 0 Å². The summed E-state index contributed by atoms with van der Waals surface area (Å²) in [7, 11) is 0. The highest BCUT2D eigenvalue weighted by Crippen LogP contribution is 2.30. The van der Waals surface area contributed by atoms with Crippen molar-refractivity contribution in [2.75, 3.05) is 17.2 Å². The number of carbonyl (C=O) groups is 1. The molecule has 3 rings (SSSR count). The van der Waals surface area contributed by atoms with E-state index in [4.69, 9.17) is 17.3 Å². The molecule has 1 amide bonds. The standard InChI is InChI=1S/C16H15ClN2O/c17-13-5-1-3-12(9-13)16(20)19-8-2-4-11-6-7-14(18)10-15(11)19/h1,3,5-7,9-10H,2,4,8,18H2. The van der Waals surface area contributed by atoms with Gasteiger partial charge in [-0.3, -0.25) is 4.79 Å². The van der Waals surface area contributed by atoms with Crippen LogP contribution in [-0.4, -0.2) is 12.5 Å². The van der Waals surface area contributed by atoms with Crippen LogP contribution in [-0.2, 0) is 6.42 Å². The van der Waals surface area contributed by atoms with Crippen molar-refractivity contribution >= 4 is 28.9 Å². The molecule has 4 heteroatoms. The Balaban J connectivity index is 2.00. The van der Waals surface area contributed by atoms with Gasteiger partial charge in [-0.05, 0) is 48.7 Å². The van der Waals surface area contributed by atoms with Crippen molar-refractivity contribution in [2.45, 2.75) is 12.8 Å². The van der Waals surface area contributed by atoms with E-state index in [9.17, 15) is 4.79 Å². The van der Waals surface area contributed by atoms with E-state index in [1.807, 2.05) is 18.2 Å². The molecule has 0 fully saturated rings. The lowest BCUT2D eigenvalue weighted by Gasteiger charge is -2.30. The van der Waals surface area contributed by atoms with E-state index in [2.05, 4.69) is 0 Å². The zero-order chi connectivity index (χ0) is 14.1. The van der Waals surface area contributed by atoms with Crippen LogP contribution in [0, 0.1) is 0 Å². The van der Waals surface area contributed by atoms with Crippen LogP contribution in [0.2, 0.25) is 5.02 Å². The molecular formula is C16H15ClN2O. The topological polar surface area (TPSA) is 46.3 Å². The molecule has 1 aliphatic rings. The minimum atomic E-state index is -0.0287. The van der Waals surface area contributed by atoms with Crippen LogP contribution in [0.15, 0.2) is 42.5 Å². The summed E-state index contributed by atoms with van der Waals surface area (Å²) < 4.78 is 0. The summed E-state index contributed by atoms with van der Waals surface area (Å²) in [6.07, 6.45) is 1.94. The Labute approximate surface area is 123 Å². The molecule has 0 bridgehead atoms. The second kappa shape index (κ2) is 5.17. The van der Waals surface area contributed by atoms with Crippen molar-refractivity contribution < 1.29 is 4.79 Å². The fourth-order valence-electron chi connectivity index (χ4n) is 2.58. The SMILES string of the molecule is Nc1ccc2c(c1)N(C(=O)c1cccc(Cl)c1)CCC2. The van der Waals surface area contributed by atoms with Crippen molar-refractivity contribution in [3.05, 3.63) is 58.6 Å². The zero-order valence-corrected chi connectivity index (χ0v) is 11.7. The van der Waals surface area contributed by atoms with Gasteiger partial charge in [-0.2, -0.15) is 0 Å². The van der Waals surface area contributed by atoms with Gasteiger partial charge in [0, 0.05) is 28.5 Å². The predicted octanol–water partition coefficient (Wildman–Crippen LogP) is 3.52. The molecule has 20 heavy (non-hydrogen) atoms. The van der Waals surface area contributed by atoms with E-state index in [0.717, 1.165) is 18.5 Å². The van der Waals surface area contributed by atoms with Crippen LogP contribution in [0.4, 0.5) is 11.4 Å². The minimum absolute atomic E-state index is 0.0287. The Kier molecular flexibility index (Phi) is 3.36. The molecular weight excluding hydrogens is 272 g/mol. The molecule has 2 aromatic rings. The van der Waals surface area contributed by atoms with Gasteiger partial charge >= 0.3 is 0 Å². The molecule has 102 valence electrons. The maximum Gasteiger partial charge on any atom is 0.258 e. The molecule has 0 spiro atoms. The number of hydrogen-bond donors (Lipinski definition) is 1. The number of aryl methyl sites for hydroxylation is 1. The van der Waals surface area contributed by atoms with Gasteiger partial charge in [-0.15, -0.1) is 0 Å². The summed E-state index contributed by atoms with van der Waals surface area (Å²) in [4.78, 5) is 14.4. The zero-order valence-electron chi connectivity index (χ0n) is 11.0. The summed E-state index contributed by atoms with van der Waals surface area (Å²) in [5.41, 5.74) is 9.21. The molecule has 2 N–H and O–H groups in total. The monoisotopic (exact) mass is 286 g/mol. The second-order valence-electron chi connectivity index (χ2n) is 4.96. The van der Waals surface area contributed by atoms with Gasteiger partial charge in [0.15, 0.2) is 0 Å². The number of fused-ring (bicyclic) bond motifs is 1. The summed E-state index contributed by atoms with van der Waals surface area (Å²) in [5, 5.41) is 0.570. The van der Waals surface area contributed by atoms with Crippen molar-refractivity contribution in [3.8, 4) is 0 Å². The number of anilines is 2. The third-order valence-corrected chi connectivity index (χ3v) is 3.78. The maximum absolute atomic E-state index is 12.7. The molecule has 0 radical (unpaired) electrons. The van der Waals surface area contributed by atoms with Crippen LogP contribution < -0.4 is 10.6 Å². The van der Waals surface area contributed by atoms with Gasteiger partial charge in [0.25, 0.3) is 5.91 Å². The predicted molar refractivity (Wildman–Crippen MR) is 82.3 cm³/mol. The molecule has 1 aliphatic heterocycles. The first-order valence-corrected chi connectivity index (χ1v) is 6.99. The van der Waals surface area contributed by atoms with E-state index in [1.54, 1.807) is 29.2 Å². The minimum Gasteiger partial charge on any atom is -0.399 e. The van der Waals surface area contributed by atoms with Crippen LogP contribution >= 0.6 is 11.6 Å². The molecule has 1 heterocycles. The van der Waals surface area contributed by atoms with E-state index in [1.165, 1.54) is 5.56 Å². The molecule has 0 unspecified atom stereocenters. The summed E-state index contributed by atoms with van der Waals surface area (Å²) >= 11 is 5.96. The van der Waals surface area contributed by atoms with Crippen LogP contribution in [0.1, 0.15) is 22.3 Å². The smallest absolute Gasteiger partial charge is 0.258 e. The lowest BCUT2D eigenvalue weighted by molar-refractivity contribution is 0.0985. The van der Waals surface area contributed by atoms with Crippen LogP contribution in [0.5, 0.6) is 0 Å². The Hall–Kier alpha value is -2.00. The van der Waals surface area contributed by atoms with Gasteiger partial charge in [0.05, 0.1) is 0 Å². The normalized spacial score (nSPS) is 13.9. The highest BCUT2D eigenvalue weighted by atomic mass is 35.5. The molecule has 0 aliphatic carbocycles. The van der Waals surface area contributed by atoms with Crippen LogP contribution in [0.3, 0.4) is 0 Å². The summed E-state index contributed by atoms with van der Waals surface area (Å²) in [5.74, 6) is -0.0287. The Bertz CT molecular complexity index is 669. The molecule has 3 nitrogen and oxygen atoms in total. The Morgan fingerprint density at radius 1 is 1.20 bits per heavy atom. The average Bonchev–Trinajstić information content (AvgIpc) is 2.46. The first-order chi connectivity index (χ1) is 9.65. The van der Waals surface area contributed by atoms with Gasteiger partial charge < -0.3 is 10.6 Å². The molecule has 0 atom stereocenters. The van der Waals surface area contributed by atoms with Gasteiger partial charge in [0.1, 0.15) is 0 Å². The lowest BCUT2D eigenvalue weighted by Crippen LogP contribution is -2.35. The first kappa shape index (κ1) is 13.0. The van der Waals surface area contributed by atoms with Gasteiger partial charge in [0.2, 0.25) is 0 Å². The third-order valence-electron chi connectivity index (χ3n) is 3.54. The number of nitrogens with two attached hydrogens (primary N) is 1. The number of amides is 1. The second-order valence-corrected chi connectivity index (χ2v) is 5.40. The fourth-order valence-corrected chi connectivity index (χ4v) is 2.77. The molecule has 0 saturated heterocycles. The number of benzene rings is 2. The first-order valence-electron chi connectivity index (χ1n) is 6.61. The Morgan fingerprint density at radius 2 is 2.05 bits per heavy atom. The number of hydrogen-bond acceptors (Lipinski definition) is 2. The average molecular weight is 287 g/mol. The van der Waals surface area contributed by atoms with E-state index in [-0.39, 0.29) is 5.91 Å². The number of carbonyl (C=O) groups excluding carboxylic acids is 1. The van der Waals surface area contributed by atoms with Crippen molar-refractivity contribution in [1.82, 2.24) is 0 Å². The fraction of sp³-hybridized carbons (Fsp3) is 0.188. The number of halogens is 1. The van der Waals surface area contributed by atoms with Crippen molar-refractivity contribution in [3.63, 3.8) is 0 Å². The van der Waals surface area contributed by atoms with E-state index >= 15 is 0 Å². The maximum atomic E-state index is 12.7. The van der Waals surface area contributed by atoms with E-state index < -0.39 is 0 Å². The molecule has 0 aromatic heterocycles. The molecule has 2 aromatic carbocycles. The summed E-state index contributed by atoms with van der Waals surface area (Å²) in [6.45, 7) is 0.710. The van der Waals surface area contributed by atoms with Gasteiger partial charge in [-0.1, -0.05) is 23.7 Å². The third kappa shape index (κ3) is 2.37. The largest absolute Gasteiger partial charge is 0.399 e. The quantitative estimate of drug-likeness (QED) is 0.816. The summed E-state index contributed by atoms with van der Waals surface area (Å²) in [6, 6.07) is 12.8. The van der Waals surface area contributed by atoms with Crippen molar-refractivity contribution in [2.24, 2.45) is 0 Å².